The smallest absolute Gasteiger partial charge is 0.127 e. The highest BCUT2D eigenvalue weighted by Crippen LogP contribution is 2.48. The van der Waals surface area contributed by atoms with Crippen LogP contribution in [0.25, 0.3) is 0 Å². The first-order valence-corrected chi connectivity index (χ1v) is 11.2. The summed E-state index contributed by atoms with van der Waals surface area (Å²) < 4.78 is 26.7. The molecule has 0 heterocycles. The molecule has 1 saturated carbocycles. The lowest BCUT2D eigenvalue weighted by atomic mass is 9.64. The third kappa shape index (κ3) is 4.89. The predicted octanol–water partition coefficient (Wildman–Crippen LogP) is 7.39. The lowest BCUT2D eigenvalue weighted by Crippen LogP contribution is -2.28. The molecule has 3 atom stereocenters. The zero-order valence-corrected chi connectivity index (χ0v) is 17.3. The van der Waals surface area contributed by atoms with E-state index < -0.39 is 11.6 Å². The van der Waals surface area contributed by atoms with Gasteiger partial charge in [-0.1, -0.05) is 50.5 Å². The van der Waals surface area contributed by atoms with E-state index in [1.165, 1.54) is 74.6 Å². The Hall–Kier alpha value is -2.14. The highest BCUT2D eigenvalue weighted by Gasteiger charge is 2.34. The Morgan fingerprint density at radius 2 is 1.69 bits per heavy atom. The van der Waals surface area contributed by atoms with Crippen LogP contribution in [0.1, 0.15) is 86.5 Å². The van der Waals surface area contributed by atoms with E-state index in [9.17, 15) is 8.78 Å². The summed E-state index contributed by atoms with van der Waals surface area (Å²) in [5, 5.41) is 0. The number of rotatable bonds is 4. The number of hydrogen-bond donors (Lipinski definition) is 0. The Morgan fingerprint density at radius 1 is 0.897 bits per heavy atom. The minimum Gasteiger partial charge on any atom is -0.207 e. The Labute approximate surface area is 173 Å². The molecule has 2 aromatic carbocycles. The molecule has 0 bridgehead atoms. The van der Waals surface area contributed by atoms with Gasteiger partial charge in [-0.3, -0.25) is 0 Å². The second-order valence-electron chi connectivity index (χ2n) is 8.90. The monoisotopic (exact) mass is 392 g/mol. The third-order valence-corrected chi connectivity index (χ3v) is 6.85. The number of unbranched alkanes of at least 4 members (excludes halogenated alkanes) is 2. The van der Waals surface area contributed by atoms with Crippen molar-refractivity contribution in [1.29, 1.82) is 0 Å². The molecule has 2 aliphatic carbocycles. The molecule has 29 heavy (non-hydrogen) atoms. The molecule has 0 aliphatic heterocycles. The molecule has 0 spiro atoms. The Morgan fingerprint density at radius 3 is 2.48 bits per heavy atom. The normalized spacial score (nSPS) is 22.9. The van der Waals surface area contributed by atoms with Gasteiger partial charge in [-0.05, 0) is 85.3 Å². The maximum atomic E-state index is 13.3. The molecule has 3 unspecified atom stereocenters. The lowest BCUT2D eigenvalue weighted by molar-refractivity contribution is 0.199. The molecular weight excluding hydrogens is 362 g/mol. The van der Waals surface area contributed by atoms with E-state index in [0.29, 0.717) is 11.5 Å². The zero-order valence-electron chi connectivity index (χ0n) is 17.3. The van der Waals surface area contributed by atoms with E-state index in [1.54, 1.807) is 0 Å². The topological polar surface area (TPSA) is 0 Å². The quantitative estimate of drug-likeness (QED) is 0.376. The summed E-state index contributed by atoms with van der Waals surface area (Å²) in [5.41, 5.74) is 4.25. The maximum Gasteiger partial charge on any atom is 0.127 e. The van der Waals surface area contributed by atoms with Crippen LogP contribution in [0.2, 0.25) is 0 Å². The minimum absolute atomic E-state index is 0.377. The standard InChI is InChI=1S/C27H30F2/c1-2-3-4-5-19-8-12-26-22(14-19)10-11-23-15-20(9-13-27(23)26)6-7-21-16-24(28)18-25(29)17-21/h9,13,15-19,22,26H,2-5,8,10-12,14H2,1H3. The van der Waals surface area contributed by atoms with Crippen molar-refractivity contribution >= 4 is 0 Å². The molecule has 0 nitrogen and oxygen atoms in total. The average molecular weight is 393 g/mol. The number of hydrogen-bond acceptors (Lipinski definition) is 0. The van der Waals surface area contributed by atoms with Gasteiger partial charge < -0.3 is 0 Å². The van der Waals surface area contributed by atoms with Crippen LogP contribution in [0.3, 0.4) is 0 Å². The van der Waals surface area contributed by atoms with Gasteiger partial charge in [0.15, 0.2) is 0 Å². The fourth-order valence-corrected chi connectivity index (χ4v) is 5.41. The van der Waals surface area contributed by atoms with E-state index in [4.69, 9.17) is 0 Å². The molecule has 0 aromatic heterocycles. The lowest BCUT2D eigenvalue weighted by Gasteiger charge is -2.40. The molecule has 0 radical (unpaired) electrons. The van der Waals surface area contributed by atoms with Gasteiger partial charge in [0.05, 0.1) is 0 Å². The van der Waals surface area contributed by atoms with Crippen LogP contribution in [0.5, 0.6) is 0 Å². The molecule has 2 aliphatic rings. The third-order valence-electron chi connectivity index (χ3n) is 6.85. The van der Waals surface area contributed by atoms with Crippen molar-refractivity contribution in [1.82, 2.24) is 0 Å². The molecular formula is C27H30F2. The van der Waals surface area contributed by atoms with Crippen LogP contribution in [0.15, 0.2) is 36.4 Å². The molecule has 0 saturated heterocycles. The number of halogens is 2. The zero-order chi connectivity index (χ0) is 20.2. The summed E-state index contributed by atoms with van der Waals surface area (Å²) in [5.74, 6) is 7.30. The second kappa shape index (κ2) is 9.12. The van der Waals surface area contributed by atoms with Crippen molar-refractivity contribution in [2.45, 2.75) is 70.6 Å². The van der Waals surface area contributed by atoms with Gasteiger partial charge in [0.2, 0.25) is 0 Å². The van der Waals surface area contributed by atoms with Crippen molar-refractivity contribution in [2.75, 3.05) is 0 Å². The van der Waals surface area contributed by atoms with Crippen molar-refractivity contribution in [3.8, 4) is 11.8 Å². The Balaban J connectivity index is 1.46. The van der Waals surface area contributed by atoms with Crippen LogP contribution in [0, 0.1) is 35.3 Å². The summed E-state index contributed by atoms with van der Waals surface area (Å²) in [6, 6.07) is 9.97. The number of aryl methyl sites for hydroxylation is 1. The van der Waals surface area contributed by atoms with Gasteiger partial charge in [-0.2, -0.15) is 0 Å². The highest BCUT2D eigenvalue weighted by atomic mass is 19.1. The number of benzene rings is 2. The fraction of sp³-hybridized carbons (Fsp3) is 0.481. The molecule has 152 valence electrons. The first-order valence-electron chi connectivity index (χ1n) is 11.2. The SMILES string of the molecule is CCCCCC1CCC2c3ccc(C#Cc4cc(F)cc(F)c4)cc3CCC2C1. The highest BCUT2D eigenvalue weighted by molar-refractivity contribution is 5.47. The van der Waals surface area contributed by atoms with Gasteiger partial charge in [0, 0.05) is 17.2 Å². The first kappa shape index (κ1) is 20.1. The van der Waals surface area contributed by atoms with Crippen LogP contribution in [-0.2, 0) is 6.42 Å². The number of fused-ring (bicyclic) bond motifs is 3. The van der Waals surface area contributed by atoms with Crippen molar-refractivity contribution in [3.63, 3.8) is 0 Å². The fourth-order valence-electron chi connectivity index (χ4n) is 5.41. The van der Waals surface area contributed by atoms with Gasteiger partial charge >= 0.3 is 0 Å². The molecule has 1 fully saturated rings. The Kier molecular flexibility index (Phi) is 6.34. The Bertz CT molecular complexity index is 898. The van der Waals surface area contributed by atoms with Crippen LogP contribution < -0.4 is 0 Å². The summed E-state index contributed by atoms with van der Waals surface area (Å²) in [4.78, 5) is 0. The predicted molar refractivity (Wildman–Crippen MR) is 115 cm³/mol. The second-order valence-corrected chi connectivity index (χ2v) is 8.90. The summed E-state index contributed by atoms with van der Waals surface area (Å²) >= 11 is 0. The average Bonchev–Trinajstić information content (AvgIpc) is 2.71. The van der Waals surface area contributed by atoms with Gasteiger partial charge in [0.1, 0.15) is 11.6 Å². The maximum absolute atomic E-state index is 13.3. The summed E-state index contributed by atoms with van der Waals surface area (Å²) in [7, 11) is 0. The first-order chi connectivity index (χ1) is 14.1. The minimum atomic E-state index is -0.587. The van der Waals surface area contributed by atoms with E-state index in [1.807, 2.05) is 0 Å². The van der Waals surface area contributed by atoms with Crippen molar-refractivity contribution < 1.29 is 8.78 Å². The molecule has 0 amide bonds. The van der Waals surface area contributed by atoms with Gasteiger partial charge in [0.25, 0.3) is 0 Å². The van der Waals surface area contributed by atoms with E-state index in [-0.39, 0.29) is 0 Å². The van der Waals surface area contributed by atoms with Gasteiger partial charge in [-0.15, -0.1) is 0 Å². The van der Waals surface area contributed by atoms with Crippen LogP contribution in [-0.4, -0.2) is 0 Å². The largest absolute Gasteiger partial charge is 0.207 e. The molecule has 4 rings (SSSR count). The summed E-state index contributed by atoms with van der Waals surface area (Å²) in [6.07, 6.45) is 12.0. The molecule has 2 heteroatoms. The van der Waals surface area contributed by atoms with E-state index >= 15 is 0 Å². The molecule has 0 N–H and O–H groups in total. The van der Waals surface area contributed by atoms with Crippen molar-refractivity contribution in [2.24, 2.45) is 11.8 Å². The van der Waals surface area contributed by atoms with Gasteiger partial charge in [-0.25, -0.2) is 8.78 Å². The summed E-state index contributed by atoms with van der Waals surface area (Å²) in [6.45, 7) is 2.28. The molecule has 2 aromatic rings. The van der Waals surface area contributed by atoms with Crippen LogP contribution >= 0.6 is 0 Å². The van der Waals surface area contributed by atoms with Crippen molar-refractivity contribution in [3.05, 3.63) is 70.3 Å². The van der Waals surface area contributed by atoms with E-state index in [2.05, 4.69) is 37.0 Å². The van der Waals surface area contributed by atoms with E-state index in [0.717, 1.165) is 29.9 Å². The van der Waals surface area contributed by atoms with Crippen LogP contribution in [0.4, 0.5) is 8.78 Å².